The first-order chi connectivity index (χ1) is 10.6. The van der Waals surface area contributed by atoms with Crippen molar-refractivity contribution in [1.82, 2.24) is 10.2 Å². The first kappa shape index (κ1) is 14.9. The number of benzene rings is 1. The average molecular weight is 302 g/mol. The molecule has 1 N–H and O–H groups in total. The number of rotatable bonds is 2. The minimum atomic E-state index is -0.664. The molecule has 1 saturated heterocycles. The summed E-state index contributed by atoms with van der Waals surface area (Å²) in [6.07, 6.45) is 3.47. The summed E-state index contributed by atoms with van der Waals surface area (Å²) in [7, 11) is 1.57. The van der Waals surface area contributed by atoms with E-state index in [0.29, 0.717) is 24.4 Å². The monoisotopic (exact) mass is 302 g/mol. The molecule has 1 aliphatic heterocycles. The van der Waals surface area contributed by atoms with Crippen molar-refractivity contribution in [2.45, 2.75) is 38.1 Å². The highest BCUT2D eigenvalue weighted by Gasteiger charge is 2.50. The van der Waals surface area contributed by atoms with E-state index in [1.165, 1.54) is 0 Å². The fraction of sp³-hybridized carbons (Fsp3) is 0.529. The van der Waals surface area contributed by atoms with Gasteiger partial charge < -0.3 is 15.0 Å². The minimum Gasteiger partial charge on any atom is -0.496 e. The van der Waals surface area contributed by atoms with Gasteiger partial charge in [-0.1, -0.05) is 25.0 Å². The average Bonchev–Trinajstić information content (AvgIpc) is 2.99. The van der Waals surface area contributed by atoms with Crippen molar-refractivity contribution in [2.24, 2.45) is 0 Å². The molecular formula is C17H22N2O3. The highest BCUT2D eigenvalue weighted by molar-refractivity contribution is 6.02. The van der Waals surface area contributed by atoms with Gasteiger partial charge in [0.05, 0.1) is 12.7 Å². The van der Waals surface area contributed by atoms with E-state index in [-0.39, 0.29) is 11.8 Å². The fourth-order valence-electron chi connectivity index (χ4n) is 3.76. The van der Waals surface area contributed by atoms with Gasteiger partial charge in [-0.15, -0.1) is 0 Å². The van der Waals surface area contributed by atoms with E-state index in [2.05, 4.69) is 5.32 Å². The molecule has 2 amide bonds. The van der Waals surface area contributed by atoms with Gasteiger partial charge in [-0.2, -0.15) is 0 Å². The van der Waals surface area contributed by atoms with Crippen LogP contribution >= 0.6 is 0 Å². The molecule has 0 bridgehead atoms. The molecule has 3 rings (SSSR count). The van der Waals surface area contributed by atoms with Crippen molar-refractivity contribution in [3.63, 3.8) is 0 Å². The normalized spacial score (nSPS) is 20.1. The Morgan fingerprint density at radius 1 is 1.32 bits per heavy atom. The molecule has 1 spiro atoms. The first-order valence-electron chi connectivity index (χ1n) is 7.84. The molecule has 2 aliphatic rings. The maximum absolute atomic E-state index is 13.2. The van der Waals surface area contributed by atoms with Crippen LogP contribution in [0.25, 0.3) is 0 Å². The van der Waals surface area contributed by atoms with Crippen molar-refractivity contribution >= 4 is 11.8 Å². The summed E-state index contributed by atoms with van der Waals surface area (Å²) >= 11 is 0. The summed E-state index contributed by atoms with van der Waals surface area (Å²) in [6.45, 7) is 2.98. The smallest absolute Gasteiger partial charge is 0.258 e. The molecule has 0 radical (unpaired) electrons. The summed E-state index contributed by atoms with van der Waals surface area (Å²) in [5.74, 6) is 0.480. The van der Waals surface area contributed by atoms with Crippen molar-refractivity contribution in [3.8, 4) is 5.75 Å². The van der Waals surface area contributed by atoms with Gasteiger partial charge in [0, 0.05) is 13.1 Å². The maximum Gasteiger partial charge on any atom is 0.258 e. The van der Waals surface area contributed by atoms with Crippen LogP contribution in [-0.2, 0) is 4.79 Å². The van der Waals surface area contributed by atoms with E-state index in [1.54, 1.807) is 18.1 Å². The predicted octanol–water partition coefficient (Wildman–Crippen LogP) is 1.89. The largest absolute Gasteiger partial charge is 0.496 e. The molecule has 1 aliphatic carbocycles. The van der Waals surface area contributed by atoms with Gasteiger partial charge in [0.25, 0.3) is 5.91 Å². The molecule has 1 aromatic rings. The van der Waals surface area contributed by atoms with Crippen LogP contribution < -0.4 is 10.1 Å². The lowest BCUT2D eigenvalue weighted by Crippen LogP contribution is -2.65. The summed E-state index contributed by atoms with van der Waals surface area (Å²) in [5, 5.41) is 2.93. The summed E-state index contributed by atoms with van der Waals surface area (Å²) < 4.78 is 5.37. The van der Waals surface area contributed by atoms with E-state index in [9.17, 15) is 9.59 Å². The minimum absolute atomic E-state index is 0.00264. The van der Waals surface area contributed by atoms with Crippen molar-refractivity contribution in [2.75, 3.05) is 20.2 Å². The third kappa shape index (κ3) is 2.16. The highest BCUT2D eigenvalue weighted by Crippen LogP contribution is 2.38. The number of nitrogens with zero attached hydrogens (tertiary/aromatic N) is 1. The Kier molecular flexibility index (Phi) is 3.81. The van der Waals surface area contributed by atoms with Crippen molar-refractivity contribution < 1.29 is 14.3 Å². The van der Waals surface area contributed by atoms with Crippen LogP contribution in [0.4, 0.5) is 0 Å². The molecule has 0 atom stereocenters. The Bertz CT molecular complexity index is 606. The van der Waals surface area contributed by atoms with Gasteiger partial charge in [-0.05, 0) is 31.4 Å². The number of carbonyl (C=O) groups excluding carboxylic acids is 2. The number of nitrogens with one attached hydrogen (secondary N) is 1. The second-order valence-corrected chi connectivity index (χ2v) is 6.10. The zero-order chi connectivity index (χ0) is 15.7. The van der Waals surface area contributed by atoms with E-state index in [1.807, 2.05) is 19.1 Å². The molecule has 1 aromatic carbocycles. The van der Waals surface area contributed by atoms with Gasteiger partial charge in [-0.3, -0.25) is 9.59 Å². The zero-order valence-electron chi connectivity index (χ0n) is 13.1. The predicted molar refractivity (Wildman–Crippen MR) is 83.0 cm³/mol. The van der Waals surface area contributed by atoms with Gasteiger partial charge in [0.1, 0.15) is 11.3 Å². The standard InChI is InChI=1S/C17H22N2O3/c1-12-6-5-7-13(22-2)14(12)15(20)19-11-10-18-16(21)17(19)8-3-4-9-17/h5-7H,3-4,8-11H2,1-2H3,(H,18,21). The molecule has 0 aromatic heterocycles. The zero-order valence-corrected chi connectivity index (χ0v) is 13.1. The topological polar surface area (TPSA) is 58.6 Å². The molecule has 1 heterocycles. The third-order valence-corrected chi connectivity index (χ3v) is 4.90. The third-order valence-electron chi connectivity index (χ3n) is 4.90. The second-order valence-electron chi connectivity index (χ2n) is 6.10. The van der Waals surface area contributed by atoms with Crippen molar-refractivity contribution in [3.05, 3.63) is 29.3 Å². The van der Waals surface area contributed by atoms with Gasteiger partial charge in [0.2, 0.25) is 5.91 Å². The van der Waals surface area contributed by atoms with E-state index in [0.717, 1.165) is 31.2 Å². The number of ether oxygens (including phenoxy) is 1. The molecule has 1 saturated carbocycles. The van der Waals surface area contributed by atoms with Crippen LogP contribution in [0.5, 0.6) is 5.75 Å². The van der Waals surface area contributed by atoms with Crippen LogP contribution in [0.3, 0.4) is 0 Å². The molecular weight excluding hydrogens is 280 g/mol. The molecule has 22 heavy (non-hydrogen) atoms. The van der Waals surface area contributed by atoms with E-state index in [4.69, 9.17) is 4.74 Å². The van der Waals surface area contributed by atoms with Crippen LogP contribution in [0.1, 0.15) is 41.6 Å². The van der Waals surface area contributed by atoms with E-state index < -0.39 is 5.54 Å². The Balaban J connectivity index is 2.02. The number of hydrogen-bond donors (Lipinski definition) is 1. The Morgan fingerprint density at radius 3 is 2.73 bits per heavy atom. The molecule has 2 fully saturated rings. The number of piperazine rings is 1. The van der Waals surface area contributed by atoms with Gasteiger partial charge in [-0.25, -0.2) is 0 Å². The highest BCUT2D eigenvalue weighted by atomic mass is 16.5. The second kappa shape index (κ2) is 5.63. The number of carbonyl (C=O) groups is 2. The van der Waals surface area contributed by atoms with Crippen LogP contribution in [0.15, 0.2) is 18.2 Å². The van der Waals surface area contributed by atoms with Crippen molar-refractivity contribution in [1.29, 1.82) is 0 Å². The molecule has 0 unspecified atom stereocenters. The first-order valence-corrected chi connectivity index (χ1v) is 7.84. The van der Waals surface area contributed by atoms with Gasteiger partial charge >= 0.3 is 0 Å². The summed E-state index contributed by atoms with van der Waals surface area (Å²) in [5.41, 5.74) is 0.789. The Morgan fingerprint density at radius 2 is 2.05 bits per heavy atom. The fourth-order valence-corrected chi connectivity index (χ4v) is 3.76. The molecule has 118 valence electrons. The summed E-state index contributed by atoms with van der Waals surface area (Å²) in [6, 6.07) is 5.58. The van der Waals surface area contributed by atoms with Crippen LogP contribution in [0.2, 0.25) is 0 Å². The number of methoxy groups -OCH3 is 1. The lowest BCUT2D eigenvalue weighted by Gasteiger charge is -2.44. The Hall–Kier alpha value is -2.04. The molecule has 5 heteroatoms. The van der Waals surface area contributed by atoms with Gasteiger partial charge in [0.15, 0.2) is 0 Å². The summed E-state index contributed by atoms with van der Waals surface area (Å²) in [4.78, 5) is 27.4. The van der Waals surface area contributed by atoms with Crippen LogP contribution in [-0.4, -0.2) is 42.5 Å². The number of hydrogen-bond acceptors (Lipinski definition) is 3. The van der Waals surface area contributed by atoms with Crippen LogP contribution in [0, 0.1) is 6.92 Å². The maximum atomic E-state index is 13.2. The lowest BCUT2D eigenvalue weighted by atomic mass is 9.90. The lowest BCUT2D eigenvalue weighted by molar-refractivity contribution is -0.134. The quantitative estimate of drug-likeness (QED) is 0.907. The molecule has 5 nitrogen and oxygen atoms in total. The number of aryl methyl sites for hydroxylation is 1. The van der Waals surface area contributed by atoms with E-state index >= 15 is 0 Å². The SMILES string of the molecule is COc1cccc(C)c1C(=O)N1CCNC(=O)C12CCCC2. The number of amides is 2. The Labute approximate surface area is 130 Å².